The summed E-state index contributed by atoms with van der Waals surface area (Å²) in [4.78, 5) is 10.5. The van der Waals surface area contributed by atoms with Crippen LogP contribution in [0.4, 0.5) is 0 Å². The van der Waals surface area contributed by atoms with E-state index < -0.39 is 0 Å². The first-order chi connectivity index (χ1) is 11.8. The predicted octanol–water partition coefficient (Wildman–Crippen LogP) is 2.88. The number of hydrogen-bond acceptors (Lipinski definition) is 4. The van der Waals surface area contributed by atoms with Gasteiger partial charge in [0.1, 0.15) is 6.29 Å². The summed E-state index contributed by atoms with van der Waals surface area (Å²) in [5.74, 6) is 0.678. The lowest BCUT2D eigenvalue weighted by Gasteiger charge is -2.22. The van der Waals surface area contributed by atoms with E-state index in [2.05, 4.69) is 22.8 Å². The fourth-order valence-corrected chi connectivity index (χ4v) is 3.45. The standard InChI is InChI=1S/C12H15NO.C8H15NO/c14-9-10-1-3-11(4-2-10)12-5-7-13-8-6-12;1-2-7(1)9-8-3-5-10-6-4-8/h1-4,9,12-13H,5-8H2;7-9H,1-6H2. The zero-order valence-electron chi connectivity index (χ0n) is 14.5. The molecule has 1 aromatic rings. The predicted molar refractivity (Wildman–Crippen MR) is 96.7 cm³/mol. The Morgan fingerprint density at radius 1 is 0.917 bits per heavy atom. The van der Waals surface area contributed by atoms with E-state index in [1.807, 2.05) is 12.1 Å². The van der Waals surface area contributed by atoms with Gasteiger partial charge in [0.15, 0.2) is 0 Å². The molecule has 4 nitrogen and oxygen atoms in total. The van der Waals surface area contributed by atoms with Crippen LogP contribution in [0.2, 0.25) is 0 Å². The fourth-order valence-electron chi connectivity index (χ4n) is 3.45. The summed E-state index contributed by atoms with van der Waals surface area (Å²) in [5.41, 5.74) is 2.14. The van der Waals surface area contributed by atoms with Crippen LogP contribution in [0.25, 0.3) is 0 Å². The van der Waals surface area contributed by atoms with Crippen LogP contribution in [-0.2, 0) is 4.74 Å². The first kappa shape index (κ1) is 17.6. The Bertz CT molecular complexity index is 487. The Kier molecular flexibility index (Phi) is 6.82. The van der Waals surface area contributed by atoms with Crippen LogP contribution in [0.1, 0.15) is 60.4 Å². The smallest absolute Gasteiger partial charge is 0.150 e. The van der Waals surface area contributed by atoms with Gasteiger partial charge in [-0.15, -0.1) is 0 Å². The first-order valence-corrected chi connectivity index (χ1v) is 9.45. The number of piperidine rings is 1. The van der Waals surface area contributed by atoms with E-state index in [4.69, 9.17) is 4.74 Å². The van der Waals surface area contributed by atoms with Crippen LogP contribution in [0.5, 0.6) is 0 Å². The lowest BCUT2D eigenvalue weighted by molar-refractivity contribution is 0.0776. The van der Waals surface area contributed by atoms with Crippen LogP contribution in [0, 0.1) is 0 Å². The maximum Gasteiger partial charge on any atom is 0.150 e. The van der Waals surface area contributed by atoms with Crippen molar-refractivity contribution < 1.29 is 9.53 Å². The van der Waals surface area contributed by atoms with E-state index in [1.165, 1.54) is 44.1 Å². The number of benzene rings is 1. The largest absolute Gasteiger partial charge is 0.381 e. The molecule has 0 unspecified atom stereocenters. The molecule has 3 aliphatic rings. The summed E-state index contributed by atoms with van der Waals surface area (Å²) in [5, 5.41) is 6.96. The number of hydrogen-bond donors (Lipinski definition) is 2. The lowest BCUT2D eigenvalue weighted by atomic mass is 9.90. The molecular weight excluding hydrogens is 300 g/mol. The van der Waals surface area contributed by atoms with E-state index in [-0.39, 0.29) is 0 Å². The highest BCUT2D eigenvalue weighted by atomic mass is 16.5. The molecule has 2 aliphatic heterocycles. The molecule has 1 saturated carbocycles. The Labute approximate surface area is 145 Å². The molecule has 4 heteroatoms. The zero-order chi connectivity index (χ0) is 16.6. The van der Waals surface area contributed by atoms with Crippen molar-refractivity contribution in [2.24, 2.45) is 0 Å². The molecule has 0 atom stereocenters. The molecule has 2 N–H and O–H groups in total. The quantitative estimate of drug-likeness (QED) is 0.834. The second-order valence-corrected chi connectivity index (χ2v) is 7.14. The molecule has 1 aromatic carbocycles. The molecule has 2 saturated heterocycles. The van der Waals surface area contributed by atoms with Crippen molar-refractivity contribution in [1.29, 1.82) is 0 Å². The van der Waals surface area contributed by atoms with E-state index in [1.54, 1.807) is 0 Å². The number of ether oxygens (including phenoxy) is 1. The number of nitrogens with one attached hydrogen (secondary N) is 2. The van der Waals surface area contributed by atoms with Crippen LogP contribution >= 0.6 is 0 Å². The molecule has 4 rings (SSSR count). The minimum atomic E-state index is 0.678. The summed E-state index contributed by atoms with van der Waals surface area (Å²) in [6, 6.07) is 9.61. The monoisotopic (exact) mass is 330 g/mol. The number of carbonyl (C=O) groups is 1. The third kappa shape index (κ3) is 5.69. The Hall–Kier alpha value is -1.23. The summed E-state index contributed by atoms with van der Waals surface area (Å²) in [6.45, 7) is 4.15. The lowest BCUT2D eigenvalue weighted by Crippen LogP contribution is -2.35. The van der Waals surface area contributed by atoms with Gasteiger partial charge in [-0.3, -0.25) is 4.79 Å². The first-order valence-electron chi connectivity index (χ1n) is 9.45. The minimum Gasteiger partial charge on any atom is -0.381 e. The minimum absolute atomic E-state index is 0.678. The second-order valence-electron chi connectivity index (χ2n) is 7.14. The molecule has 0 amide bonds. The highest BCUT2D eigenvalue weighted by molar-refractivity contribution is 5.74. The molecule has 3 fully saturated rings. The molecule has 24 heavy (non-hydrogen) atoms. The van der Waals surface area contributed by atoms with Gasteiger partial charge < -0.3 is 15.4 Å². The van der Waals surface area contributed by atoms with E-state index in [9.17, 15) is 4.79 Å². The Morgan fingerprint density at radius 3 is 2.12 bits per heavy atom. The SMILES string of the molecule is C1CC(NC2CC2)CCO1.O=Cc1ccc(C2CCNCC2)cc1. The number of aldehydes is 1. The molecule has 1 aliphatic carbocycles. The average molecular weight is 330 g/mol. The van der Waals surface area contributed by atoms with Gasteiger partial charge in [-0.2, -0.15) is 0 Å². The molecule has 2 heterocycles. The van der Waals surface area contributed by atoms with Crippen molar-refractivity contribution in [3.8, 4) is 0 Å². The summed E-state index contributed by atoms with van der Waals surface area (Å²) in [6.07, 6.45) is 8.55. The fraction of sp³-hybridized carbons (Fsp3) is 0.650. The van der Waals surface area contributed by atoms with Crippen molar-refractivity contribution in [3.63, 3.8) is 0 Å². The van der Waals surface area contributed by atoms with Crippen LogP contribution in [0.15, 0.2) is 24.3 Å². The Balaban J connectivity index is 0.000000149. The summed E-state index contributed by atoms with van der Waals surface area (Å²) in [7, 11) is 0. The van der Waals surface area contributed by atoms with Gasteiger partial charge in [-0.25, -0.2) is 0 Å². The van der Waals surface area contributed by atoms with Gasteiger partial charge >= 0.3 is 0 Å². The number of rotatable bonds is 4. The maximum absolute atomic E-state index is 10.5. The van der Waals surface area contributed by atoms with Crippen molar-refractivity contribution in [1.82, 2.24) is 10.6 Å². The number of carbonyl (C=O) groups excluding carboxylic acids is 1. The van der Waals surface area contributed by atoms with Crippen molar-refractivity contribution in [2.75, 3.05) is 26.3 Å². The molecule has 132 valence electrons. The third-order valence-corrected chi connectivity index (χ3v) is 5.15. The van der Waals surface area contributed by atoms with Crippen molar-refractivity contribution >= 4 is 6.29 Å². The second kappa shape index (κ2) is 9.30. The molecule has 0 bridgehead atoms. The van der Waals surface area contributed by atoms with Gasteiger partial charge in [-0.1, -0.05) is 24.3 Å². The van der Waals surface area contributed by atoms with E-state index in [0.29, 0.717) is 5.92 Å². The molecule has 0 aromatic heterocycles. The normalized spacial score (nSPS) is 22.5. The molecular formula is C20H30N2O2. The van der Waals surface area contributed by atoms with Gasteiger partial charge in [0, 0.05) is 30.9 Å². The topological polar surface area (TPSA) is 50.4 Å². The van der Waals surface area contributed by atoms with E-state index in [0.717, 1.165) is 50.2 Å². The van der Waals surface area contributed by atoms with Gasteiger partial charge in [0.25, 0.3) is 0 Å². The van der Waals surface area contributed by atoms with Crippen LogP contribution < -0.4 is 10.6 Å². The highest BCUT2D eigenvalue weighted by Crippen LogP contribution is 2.25. The van der Waals surface area contributed by atoms with Gasteiger partial charge in [-0.05, 0) is 63.1 Å². The van der Waals surface area contributed by atoms with Crippen LogP contribution in [0.3, 0.4) is 0 Å². The molecule has 0 spiro atoms. The van der Waals surface area contributed by atoms with Gasteiger partial charge in [0.05, 0.1) is 0 Å². The van der Waals surface area contributed by atoms with Crippen molar-refractivity contribution in [2.45, 2.75) is 56.5 Å². The van der Waals surface area contributed by atoms with E-state index >= 15 is 0 Å². The van der Waals surface area contributed by atoms with Crippen molar-refractivity contribution in [3.05, 3.63) is 35.4 Å². The summed E-state index contributed by atoms with van der Waals surface area (Å²) < 4.78 is 5.26. The highest BCUT2D eigenvalue weighted by Gasteiger charge is 2.25. The van der Waals surface area contributed by atoms with Gasteiger partial charge in [0.2, 0.25) is 0 Å². The van der Waals surface area contributed by atoms with Crippen LogP contribution in [-0.4, -0.2) is 44.7 Å². The summed E-state index contributed by atoms with van der Waals surface area (Å²) >= 11 is 0. The zero-order valence-corrected chi connectivity index (χ0v) is 14.5. The third-order valence-electron chi connectivity index (χ3n) is 5.15. The average Bonchev–Trinajstić information content (AvgIpc) is 3.48. The maximum atomic E-state index is 10.5. The Morgan fingerprint density at radius 2 is 1.54 bits per heavy atom. The molecule has 0 radical (unpaired) electrons.